The molecule has 1 aromatic carbocycles. The monoisotopic (exact) mass is 227 g/mol. The van der Waals surface area contributed by atoms with Crippen LogP contribution in [-0.4, -0.2) is 14.7 Å². The first-order chi connectivity index (χ1) is 6.86. The highest BCUT2D eigenvalue weighted by molar-refractivity contribution is 7.90. The van der Waals surface area contributed by atoms with Crippen molar-refractivity contribution in [2.45, 2.75) is 31.2 Å². The van der Waals surface area contributed by atoms with Gasteiger partial charge >= 0.3 is 0 Å². The summed E-state index contributed by atoms with van der Waals surface area (Å²) in [5, 5.41) is 0. The Morgan fingerprint density at radius 2 is 2.00 bits per heavy atom. The Balaban J connectivity index is 3.40. The van der Waals surface area contributed by atoms with Crippen molar-refractivity contribution in [3.05, 3.63) is 29.3 Å². The summed E-state index contributed by atoms with van der Waals surface area (Å²) in [5.74, 6) is 0. The first kappa shape index (κ1) is 12.2. The molecule has 0 heterocycles. The molecular formula is C11H17NO2S. The van der Waals surface area contributed by atoms with Gasteiger partial charge in [-0.3, -0.25) is 0 Å². The van der Waals surface area contributed by atoms with Crippen LogP contribution in [0.5, 0.6) is 0 Å². The van der Waals surface area contributed by atoms with E-state index in [1.807, 2.05) is 19.9 Å². The molecule has 2 N–H and O–H groups in total. The van der Waals surface area contributed by atoms with Crippen molar-refractivity contribution in [2.24, 2.45) is 5.73 Å². The largest absolute Gasteiger partial charge is 0.324 e. The number of aryl methyl sites for hydroxylation is 1. The normalized spacial score (nSPS) is 13.9. The number of sulfone groups is 1. The van der Waals surface area contributed by atoms with Crippen LogP contribution in [0.3, 0.4) is 0 Å². The van der Waals surface area contributed by atoms with E-state index in [1.165, 1.54) is 6.26 Å². The van der Waals surface area contributed by atoms with Crippen LogP contribution in [0.2, 0.25) is 0 Å². The second kappa shape index (κ2) is 4.33. The number of rotatable bonds is 3. The predicted octanol–water partition coefficient (Wildman–Crippen LogP) is 1.81. The fraction of sp³-hybridized carbons (Fsp3) is 0.455. The van der Waals surface area contributed by atoms with Gasteiger partial charge in [0, 0.05) is 12.3 Å². The van der Waals surface area contributed by atoms with Crippen molar-refractivity contribution < 1.29 is 8.42 Å². The molecule has 0 saturated heterocycles. The lowest BCUT2D eigenvalue weighted by Gasteiger charge is -2.14. The minimum atomic E-state index is -3.19. The lowest BCUT2D eigenvalue weighted by Crippen LogP contribution is -2.13. The molecule has 1 unspecified atom stereocenters. The molecule has 0 bridgehead atoms. The Labute approximate surface area is 91.2 Å². The molecule has 0 spiro atoms. The van der Waals surface area contributed by atoms with E-state index in [0.29, 0.717) is 4.90 Å². The van der Waals surface area contributed by atoms with E-state index in [1.54, 1.807) is 12.1 Å². The van der Waals surface area contributed by atoms with Crippen molar-refractivity contribution in [3.8, 4) is 0 Å². The molecule has 84 valence electrons. The summed E-state index contributed by atoms with van der Waals surface area (Å²) in [4.78, 5) is 0.349. The van der Waals surface area contributed by atoms with Gasteiger partial charge in [0.05, 0.1) is 4.90 Å². The molecule has 0 radical (unpaired) electrons. The van der Waals surface area contributed by atoms with Gasteiger partial charge in [0.1, 0.15) is 0 Å². The summed E-state index contributed by atoms with van der Waals surface area (Å²) in [5.41, 5.74) is 7.65. The highest BCUT2D eigenvalue weighted by atomic mass is 32.2. The average Bonchev–Trinajstić information content (AvgIpc) is 2.14. The van der Waals surface area contributed by atoms with Crippen LogP contribution in [0.4, 0.5) is 0 Å². The van der Waals surface area contributed by atoms with Crippen molar-refractivity contribution in [3.63, 3.8) is 0 Å². The summed E-state index contributed by atoms with van der Waals surface area (Å²) in [6, 6.07) is 5.07. The van der Waals surface area contributed by atoms with Crippen LogP contribution in [0, 0.1) is 6.92 Å². The SMILES string of the molecule is CCC(N)c1cc(C)ccc1S(C)(=O)=O. The zero-order valence-electron chi connectivity index (χ0n) is 9.32. The quantitative estimate of drug-likeness (QED) is 0.856. The Hall–Kier alpha value is -0.870. The third-order valence-corrected chi connectivity index (χ3v) is 3.57. The van der Waals surface area contributed by atoms with Gasteiger partial charge in [0.25, 0.3) is 0 Å². The number of hydrogen-bond donors (Lipinski definition) is 1. The highest BCUT2D eigenvalue weighted by Crippen LogP contribution is 2.24. The van der Waals surface area contributed by atoms with Crippen LogP contribution in [-0.2, 0) is 9.84 Å². The lowest BCUT2D eigenvalue weighted by molar-refractivity contribution is 0.596. The molecular weight excluding hydrogens is 210 g/mol. The minimum Gasteiger partial charge on any atom is -0.324 e. The van der Waals surface area contributed by atoms with Gasteiger partial charge in [-0.25, -0.2) is 8.42 Å². The molecule has 0 saturated carbocycles. The van der Waals surface area contributed by atoms with Crippen molar-refractivity contribution >= 4 is 9.84 Å². The molecule has 3 nitrogen and oxygen atoms in total. The van der Waals surface area contributed by atoms with Gasteiger partial charge in [-0.2, -0.15) is 0 Å². The summed E-state index contributed by atoms with van der Waals surface area (Å²) in [7, 11) is -3.19. The maximum atomic E-state index is 11.5. The van der Waals surface area contributed by atoms with Crippen molar-refractivity contribution in [1.82, 2.24) is 0 Å². The fourth-order valence-corrected chi connectivity index (χ4v) is 2.47. The van der Waals surface area contributed by atoms with E-state index in [0.717, 1.165) is 17.5 Å². The Morgan fingerprint density at radius 1 is 1.40 bits per heavy atom. The number of benzene rings is 1. The molecule has 1 atom stereocenters. The molecule has 0 aliphatic carbocycles. The molecule has 15 heavy (non-hydrogen) atoms. The van der Waals surface area contributed by atoms with E-state index in [2.05, 4.69) is 0 Å². The molecule has 0 fully saturated rings. The third kappa shape index (κ3) is 2.79. The topological polar surface area (TPSA) is 60.2 Å². The van der Waals surface area contributed by atoms with Crippen molar-refractivity contribution in [1.29, 1.82) is 0 Å². The first-order valence-electron chi connectivity index (χ1n) is 4.92. The highest BCUT2D eigenvalue weighted by Gasteiger charge is 2.16. The zero-order valence-corrected chi connectivity index (χ0v) is 10.1. The molecule has 0 aromatic heterocycles. The Morgan fingerprint density at radius 3 is 2.47 bits per heavy atom. The number of nitrogens with two attached hydrogens (primary N) is 1. The summed E-state index contributed by atoms with van der Waals surface area (Å²) in [6.07, 6.45) is 1.94. The Kier molecular flexibility index (Phi) is 3.52. The second-order valence-electron chi connectivity index (χ2n) is 3.83. The van der Waals surface area contributed by atoms with Gasteiger partial charge in [0.15, 0.2) is 9.84 Å². The molecule has 0 aliphatic rings. The maximum Gasteiger partial charge on any atom is 0.175 e. The summed E-state index contributed by atoms with van der Waals surface area (Å²) in [6.45, 7) is 3.87. The van der Waals surface area contributed by atoms with Crippen LogP contribution in [0.15, 0.2) is 23.1 Å². The summed E-state index contributed by atoms with van der Waals surface area (Å²) >= 11 is 0. The van der Waals surface area contributed by atoms with Gasteiger partial charge < -0.3 is 5.73 Å². The summed E-state index contributed by atoms with van der Waals surface area (Å²) < 4.78 is 23.1. The van der Waals surface area contributed by atoms with Crippen LogP contribution in [0.1, 0.15) is 30.5 Å². The van der Waals surface area contributed by atoms with Crippen molar-refractivity contribution in [2.75, 3.05) is 6.26 Å². The van der Waals surface area contributed by atoms with Gasteiger partial charge in [-0.15, -0.1) is 0 Å². The minimum absolute atomic E-state index is 0.213. The fourth-order valence-electron chi connectivity index (χ4n) is 1.52. The van der Waals surface area contributed by atoms with Crippen LogP contribution >= 0.6 is 0 Å². The number of hydrogen-bond acceptors (Lipinski definition) is 3. The predicted molar refractivity (Wildman–Crippen MR) is 61.5 cm³/mol. The standard InChI is InChI=1S/C11H17NO2S/c1-4-10(12)9-7-8(2)5-6-11(9)15(3,13)14/h5-7,10H,4,12H2,1-3H3. The van der Waals surface area contributed by atoms with E-state index >= 15 is 0 Å². The Bertz CT molecular complexity index is 452. The van der Waals surface area contributed by atoms with Gasteiger partial charge in [0.2, 0.25) is 0 Å². The first-order valence-corrected chi connectivity index (χ1v) is 6.81. The van der Waals surface area contributed by atoms with Crippen LogP contribution < -0.4 is 5.73 Å². The maximum absolute atomic E-state index is 11.5. The molecule has 1 aromatic rings. The van der Waals surface area contributed by atoms with E-state index in [9.17, 15) is 8.42 Å². The van der Waals surface area contributed by atoms with E-state index in [4.69, 9.17) is 5.73 Å². The third-order valence-electron chi connectivity index (χ3n) is 2.40. The zero-order chi connectivity index (χ0) is 11.6. The smallest absolute Gasteiger partial charge is 0.175 e. The molecule has 0 aliphatic heterocycles. The molecule has 0 amide bonds. The van der Waals surface area contributed by atoms with Crippen LogP contribution in [0.25, 0.3) is 0 Å². The van der Waals surface area contributed by atoms with E-state index < -0.39 is 9.84 Å². The lowest BCUT2D eigenvalue weighted by atomic mass is 10.0. The van der Waals surface area contributed by atoms with Gasteiger partial charge in [-0.05, 0) is 25.0 Å². The van der Waals surface area contributed by atoms with Gasteiger partial charge in [-0.1, -0.05) is 24.6 Å². The second-order valence-corrected chi connectivity index (χ2v) is 5.81. The molecule has 1 rings (SSSR count). The average molecular weight is 227 g/mol. The van der Waals surface area contributed by atoms with E-state index in [-0.39, 0.29) is 6.04 Å². The molecule has 4 heteroatoms.